The predicted octanol–water partition coefficient (Wildman–Crippen LogP) is 3.76. The van der Waals surface area contributed by atoms with Crippen LogP contribution in [0.2, 0.25) is 0 Å². The van der Waals surface area contributed by atoms with Crippen LogP contribution in [0.25, 0.3) is 0 Å². The number of piperidine rings is 1. The smallest absolute Gasteiger partial charge is 0.235 e. The van der Waals surface area contributed by atoms with E-state index in [0.717, 1.165) is 36.0 Å². The van der Waals surface area contributed by atoms with E-state index in [0.29, 0.717) is 0 Å². The molecule has 0 bridgehead atoms. The molecule has 100 valence electrons. The predicted molar refractivity (Wildman–Crippen MR) is 79.2 cm³/mol. The minimum atomic E-state index is -0.273. The van der Waals surface area contributed by atoms with Gasteiger partial charge >= 0.3 is 0 Å². The number of hydrogen-bond donors (Lipinski definition) is 0. The van der Waals surface area contributed by atoms with E-state index in [-0.39, 0.29) is 5.54 Å². The van der Waals surface area contributed by atoms with Crippen LogP contribution in [0.5, 0.6) is 0 Å². The Labute approximate surface area is 121 Å². The van der Waals surface area contributed by atoms with Gasteiger partial charge in [0.25, 0.3) is 0 Å². The molecule has 1 aliphatic heterocycles. The Morgan fingerprint density at radius 1 is 1.21 bits per heavy atom. The molecule has 0 radical (unpaired) electrons. The van der Waals surface area contributed by atoms with E-state index in [2.05, 4.69) is 44.0 Å². The van der Waals surface area contributed by atoms with Crippen LogP contribution in [0, 0.1) is 0 Å². The van der Waals surface area contributed by atoms with Crippen LogP contribution in [-0.2, 0) is 10.3 Å². The van der Waals surface area contributed by atoms with E-state index in [1.54, 1.807) is 6.08 Å². The molecule has 1 heterocycles. The first-order valence-electron chi connectivity index (χ1n) is 6.89. The molecule has 0 aromatic heterocycles. The summed E-state index contributed by atoms with van der Waals surface area (Å²) in [4.78, 5) is 16.9. The monoisotopic (exact) mass is 320 g/mol. The first-order valence-corrected chi connectivity index (χ1v) is 7.68. The maximum atomic E-state index is 10.5. The molecule has 4 heteroatoms. The average Bonchev–Trinajstić information content (AvgIpc) is 3.21. The van der Waals surface area contributed by atoms with E-state index >= 15 is 0 Å². The van der Waals surface area contributed by atoms with Gasteiger partial charge in [-0.3, -0.25) is 0 Å². The summed E-state index contributed by atoms with van der Waals surface area (Å²) in [5, 5.41) is 0. The Hall–Kier alpha value is -1.12. The molecule has 0 spiro atoms. The summed E-state index contributed by atoms with van der Waals surface area (Å²) in [6.45, 7) is 2.27. The molecule has 1 aromatic carbocycles. The van der Waals surface area contributed by atoms with Gasteiger partial charge in [-0.05, 0) is 65.7 Å². The number of benzene rings is 1. The lowest BCUT2D eigenvalue weighted by Crippen LogP contribution is -2.29. The second kappa shape index (κ2) is 5.10. The van der Waals surface area contributed by atoms with Crippen LogP contribution in [0.4, 0.5) is 5.69 Å². The van der Waals surface area contributed by atoms with E-state index in [4.69, 9.17) is 0 Å². The molecule has 1 saturated carbocycles. The zero-order chi connectivity index (χ0) is 13.3. The lowest BCUT2D eigenvalue weighted by Gasteiger charge is -2.30. The third kappa shape index (κ3) is 2.47. The summed E-state index contributed by atoms with van der Waals surface area (Å²) in [6, 6.07) is 6.39. The van der Waals surface area contributed by atoms with E-state index < -0.39 is 0 Å². The molecule has 0 amide bonds. The van der Waals surface area contributed by atoms with Crippen LogP contribution in [-0.4, -0.2) is 19.2 Å². The highest BCUT2D eigenvalue weighted by Gasteiger charge is 2.45. The number of hydrogen-bond acceptors (Lipinski definition) is 3. The lowest BCUT2D eigenvalue weighted by atomic mass is 10.0. The molecular weight excluding hydrogens is 304 g/mol. The number of aliphatic imine (C=N–C) groups is 1. The van der Waals surface area contributed by atoms with Crippen molar-refractivity contribution in [1.29, 1.82) is 0 Å². The minimum absolute atomic E-state index is 0.273. The Morgan fingerprint density at radius 2 is 1.95 bits per heavy atom. The first kappa shape index (κ1) is 12.9. The number of isocyanates is 1. The Balaban J connectivity index is 1.87. The van der Waals surface area contributed by atoms with Crippen LogP contribution in [0.15, 0.2) is 27.7 Å². The van der Waals surface area contributed by atoms with Crippen molar-refractivity contribution in [2.75, 3.05) is 18.0 Å². The summed E-state index contributed by atoms with van der Waals surface area (Å²) in [7, 11) is 0. The van der Waals surface area contributed by atoms with Crippen LogP contribution >= 0.6 is 15.9 Å². The van der Waals surface area contributed by atoms with Crippen LogP contribution in [0.3, 0.4) is 0 Å². The fourth-order valence-corrected chi connectivity index (χ4v) is 3.49. The molecule has 3 nitrogen and oxygen atoms in total. The van der Waals surface area contributed by atoms with Gasteiger partial charge < -0.3 is 4.90 Å². The molecule has 1 aromatic rings. The number of rotatable bonds is 3. The average molecular weight is 321 g/mol. The van der Waals surface area contributed by atoms with Gasteiger partial charge in [-0.25, -0.2) is 4.79 Å². The van der Waals surface area contributed by atoms with Gasteiger partial charge in [0.1, 0.15) is 0 Å². The normalized spacial score (nSPS) is 20.8. The SMILES string of the molecule is O=C=NC1(c2ccc(N3CCCCC3)c(Br)c2)CC1. The summed E-state index contributed by atoms with van der Waals surface area (Å²) < 4.78 is 1.11. The third-order valence-electron chi connectivity index (χ3n) is 4.17. The molecule has 19 heavy (non-hydrogen) atoms. The Morgan fingerprint density at radius 3 is 2.53 bits per heavy atom. The number of carbonyl (C=O) groups excluding carboxylic acids is 1. The topological polar surface area (TPSA) is 32.7 Å². The molecule has 2 aliphatic rings. The van der Waals surface area contributed by atoms with Crippen molar-refractivity contribution in [1.82, 2.24) is 0 Å². The molecule has 0 atom stereocenters. The lowest BCUT2D eigenvalue weighted by molar-refractivity contribution is 0.556. The van der Waals surface area contributed by atoms with Gasteiger partial charge in [-0.2, -0.15) is 4.99 Å². The number of nitrogens with zero attached hydrogens (tertiary/aromatic N) is 2. The summed E-state index contributed by atoms with van der Waals surface area (Å²) in [6.07, 6.45) is 7.51. The van der Waals surface area contributed by atoms with Gasteiger partial charge in [0.2, 0.25) is 6.08 Å². The maximum Gasteiger partial charge on any atom is 0.235 e. The van der Waals surface area contributed by atoms with Crippen molar-refractivity contribution in [3.63, 3.8) is 0 Å². The van der Waals surface area contributed by atoms with Crippen molar-refractivity contribution < 1.29 is 4.79 Å². The largest absolute Gasteiger partial charge is 0.371 e. The van der Waals surface area contributed by atoms with Gasteiger partial charge in [-0.15, -0.1) is 0 Å². The van der Waals surface area contributed by atoms with Crippen LogP contribution in [0.1, 0.15) is 37.7 Å². The molecule has 0 N–H and O–H groups in total. The highest BCUT2D eigenvalue weighted by atomic mass is 79.9. The number of anilines is 1. The fourth-order valence-electron chi connectivity index (χ4n) is 2.86. The molecule has 2 fully saturated rings. The van der Waals surface area contributed by atoms with Gasteiger partial charge in [0, 0.05) is 17.6 Å². The van der Waals surface area contributed by atoms with Crippen molar-refractivity contribution in [3.05, 3.63) is 28.2 Å². The molecular formula is C15H17BrN2O. The van der Waals surface area contributed by atoms with Gasteiger partial charge in [0.05, 0.1) is 11.2 Å². The standard InChI is InChI=1S/C15H17BrN2O/c16-13-10-12(15(6-7-15)17-11-19)4-5-14(13)18-8-2-1-3-9-18/h4-5,10H,1-3,6-9H2. The highest BCUT2D eigenvalue weighted by Crippen LogP contribution is 2.50. The van der Waals surface area contributed by atoms with Crippen molar-refractivity contribution in [2.24, 2.45) is 4.99 Å². The second-order valence-electron chi connectivity index (χ2n) is 5.45. The highest BCUT2D eigenvalue weighted by molar-refractivity contribution is 9.10. The quantitative estimate of drug-likeness (QED) is 0.627. The van der Waals surface area contributed by atoms with E-state index in [1.165, 1.54) is 24.9 Å². The first-order chi connectivity index (χ1) is 9.25. The summed E-state index contributed by atoms with van der Waals surface area (Å²) in [5.74, 6) is 0. The van der Waals surface area contributed by atoms with Gasteiger partial charge in [0.15, 0.2) is 0 Å². The number of halogens is 1. The molecule has 3 rings (SSSR count). The zero-order valence-corrected chi connectivity index (χ0v) is 12.4. The second-order valence-corrected chi connectivity index (χ2v) is 6.30. The third-order valence-corrected chi connectivity index (χ3v) is 4.80. The molecule has 1 saturated heterocycles. The Kier molecular flexibility index (Phi) is 3.46. The van der Waals surface area contributed by atoms with Crippen molar-refractivity contribution in [3.8, 4) is 0 Å². The Bertz CT molecular complexity index is 527. The zero-order valence-electron chi connectivity index (χ0n) is 10.9. The van der Waals surface area contributed by atoms with Crippen molar-refractivity contribution in [2.45, 2.75) is 37.6 Å². The minimum Gasteiger partial charge on any atom is -0.371 e. The fraction of sp³-hybridized carbons (Fsp3) is 0.533. The van der Waals surface area contributed by atoms with Crippen LogP contribution < -0.4 is 4.90 Å². The molecule has 0 unspecified atom stereocenters. The summed E-state index contributed by atoms with van der Waals surface area (Å²) in [5.41, 5.74) is 2.11. The van der Waals surface area contributed by atoms with E-state index in [1.807, 2.05) is 0 Å². The van der Waals surface area contributed by atoms with Gasteiger partial charge in [-0.1, -0.05) is 6.07 Å². The molecule has 1 aliphatic carbocycles. The van der Waals surface area contributed by atoms with Crippen molar-refractivity contribution >= 4 is 27.7 Å². The van der Waals surface area contributed by atoms with E-state index in [9.17, 15) is 4.79 Å². The maximum absolute atomic E-state index is 10.5. The summed E-state index contributed by atoms with van der Waals surface area (Å²) >= 11 is 3.67.